The average Bonchev–Trinajstić information content (AvgIpc) is 2.48. The molecule has 0 bridgehead atoms. The van der Waals surface area contributed by atoms with Gasteiger partial charge in [-0.2, -0.15) is 0 Å². The Morgan fingerprint density at radius 2 is 1.76 bits per heavy atom. The number of aliphatic hydroxyl groups excluding tert-OH is 1. The monoisotopic (exact) mass is 348 g/mol. The molecule has 0 fully saturated rings. The Labute approximate surface area is 134 Å². The quantitative estimate of drug-likeness (QED) is 0.781. The molecule has 2 nitrogen and oxygen atoms in total. The predicted octanol–water partition coefficient (Wildman–Crippen LogP) is 5.42. The summed E-state index contributed by atoms with van der Waals surface area (Å²) in [6.07, 6.45) is 1.09. The summed E-state index contributed by atoms with van der Waals surface area (Å²) in [6.45, 7) is 6.63. The van der Waals surface area contributed by atoms with Gasteiger partial charge in [0.1, 0.15) is 11.5 Å². The van der Waals surface area contributed by atoms with Crippen molar-refractivity contribution in [2.75, 3.05) is 0 Å². The van der Waals surface area contributed by atoms with Gasteiger partial charge in [-0.15, -0.1) is 0 Å². The molecule has 1 N–H and O–H groups in total. The minimum atomic E-state index is -0.0381. The van der Waals surface area contributed by atoms with Gasteiger partial charge in [-0.05, 0) is 41.7 Å². The van der Waals surface area contributed by atoms with Gasteiger partial charge in [-0.3, -0.25) is 0 Å². The topological polar surface area (TPSA) is 29.5 Å². The Balaban J connectivity index is 2.23. The fourth-order valence-electron chi connectivity index (χ4n) is 2.06. The maximum atomic E-state index is 9.37. The van der Waals surface area contributed by atoms with Crippen molar-refractivity contribution in [3.63, 3.8) is 0 Å². The van der Waals surface area contributed by atoms with E-state index in [1.165, 1.54) is 5.56 Å². The summed E-state index contributed by atoms with van der Waals surface area (Å²) in [5, 5.41) is 9.37. The van der Waals surface area contributed by atoms with Gasteiger partial charge in [0.25, 0.3) is 0 Å². The van der Waals surface area contributed by atoms with Crippen LogP contribution in [0.25, 0.3) is 0 Å². The van der Waals surface area contributed by atoms with Gasteiger partial charge in [-0.25, -0.2) is 0 Å². The standard InChI is InChI=1S/C18H21BrO2/c1-4-18(2,3)14-6-9-16(10-7-14)21-17-11-15(19)8-5-13(17)12-20/h5-11,20H,4,12H2,1-3H3. The smallest absolute Gasteiger partial charge is 0.134 e. The van der Waals surface area contributed by atoms with E-state index in [1.807, 2.05) is 30.3 Å². The zero-order valence-corrected chi connectivity index (χ0v) is 14.3. The first-order chi connectivity index (χ1) is 9.96. The minimum Gasteiger partial charge on any atom is -0.457 e. The molecule has 0 aliphatic heterocycles. The molecule has 0 saturated carbocycles. The maximum Gasteiger partial charge on any atom is 0.134 e. The van der Waals surface area contributed by atoms with Crippen molar-refractivity contribution in [3.8, 4) is 11.5 Å². The van der Waals surface area contributed by atoms with Gasteiger partial charge >= 0.3 is 0 Å². The van der Waals surface area contributed by atoms with Crippen molar-refractivity contribution in [1.82, 2.24) is 0 Å². The number of hydrogen-bond donors (Lipinski definition) is 1. The Morgan fingerprint density at radius 1 is 1.10 bits per heavy atom. The fourth-order valence-corrected chi connectivity index (χ4v) is 2.40. The Kier molecular flexibility index (Phi) is 5.07. The molecule has 3 heteroatoms. The maximum absolute atomic E-state index is 9.37. The molecular formula is C18H21BrO2. The lowest BCUT2D eigenvalue weighted by atomic mass is 9.82. The van der Waals surface area contributed by atoms with Crippen molar-refractivity contribution >= 4 is 15.9 Å². The van der Waals surface area contributed by atoms with Crippen LogP contribution in [-0.2, 0) is 12.0 Å². The van der Waals surface area contributed by atoms with Crippen LogP contribution >= 0.6 is 15.9 Å². The second-order valence-corrected chi connectivity index (χ2v) is 6.69. The summed E-state index contributed by atoms with van der Waals surface area (Å²) in [6, 6.07) is 13.8. The molecule has 0 saturated heterocycles. The molecule has 0 amide bonds. The van der Waals surface area contributed by atoms with E-state index in [0.717, 1.165) is 22.2 Å². The van der Waals surface area contributed by atoms with Gasteiger partial charge < -0.3 is 9.84 Å². The molecular weight excluding hydrogens is 328 g/mol. The summed E-state index contributed by atoms with van der Waals surface area (Å²) < 4.78 is 6.82. The highest BCUT2D eigenvalue weighted by Gasteiger charge is 2.17. The molecule has 0 unspecified atom stereocenters. The number of aliphatic hydroxyl groups is 1. The van der Waals surface area contributed by atoms with Crippen LogP contribution in [0.5, 0.6) is 11.5 Å². The highest BCUT2D eigenvalue weighted by molar-refractivity contribution is 9.10. The lowest BCUT2D eigenvalue weighted by Gasteiger charge is -2.23. The zero-order valence-electron chi connectivity index (χ0n) is 12.7. The highest BCUT2D eigenvalue weighted by atomic mass is 79.9. The van der Waals surface area contributed by atoms with E-state index in [9.17, 15) is 5.11 Å². The van der Waals surface area contributed by atoms with Crippen LogP contribution in [0.1, 0.15) is 38.3 Å². The van der Waals surface area contributed by atoms with E-state index in [0.29, 0.717) is 5.75 Å². The summed E-state index contributed by atoms with van der Waals surface area (Å²) in [5.41, 5.74) is 2.25. The summed E-state index contributed by atoms with van der Waals surface area (Å²) in [5.74, 6) is 1.45. The third kappa shape index (κ3) is 3.86. The Hall–Kier alpha value is -1.32. The van der Waals surface area contributed by atoms with E-state index in [4.69, 9.17) is 4.74 Å². The number of hydrogen-bond acceptors (Lipinski definition) is 2. The molecule has 0 aliphatic rings. The highest BCUT2D eigenvalue weighted by Crippen LogP contribution is 2.31. The van der Waals surface area contributed by atoms with E-state index < -0.39 is 0 Å². The SMILES string of the molecule is CCC(C)(C)c1ccc(Oc2cc(Br)ccc2CO)cc1. The predicted molar refractivity (Wildman–Crippen MR) is 89.9 cm³/mol. The summed E-state index contributed by atoms with van der Waals surface area (Å²) in [7, 11) is 0. The third-order valence-electron chi connectivity index (χ3n) is 3.95. The Bertz CT molecular complexity index is 603. The van der Waals surface area contributed by atoms with Gasteiger partial charge in [-0.1, -0.05) is 54.9 Å². The van der Waals surface area contributed by atoms with Crippen molar-refractivity contribution in [1.29, 1.82) is 0 Å². The minimum absolute atomic E-state index is 0.0381. The normalized spacial score (nSPS) is 11.5. The second-order valence-electron chi connectivity index (χ2n) is 5.77. The van der Waals surface area contributed by atoms with E-state index >= 15 is 0 Å². The average molecular weight is 349 g/mol. The summed E-state index contributed by atoms with van der Waals surface area (Å²) in [4.78, 5) is 0. The molecule has 112 valence electrons. The largest absolute Gasteiger partial charge is 0.457 e. The van der Waals surface area contributed by atoms with Crippen molar-refractivity contribution in [2.45, 2.75) is 39.2 Å². The van der Waals surface area contributed by atoms with Gasteiger partial charge in [0.2, 0.25) is 0 Å². The molecule has 0 radical (unpaired) electrons. The lowest BCUT2D eigenvalue weighted by Crippen LogP contribution is -2.14. The van der Waals surface area contributed by atoms with Crippen molar-refractivity contribution in [3.05, 3.63) is 58.1 Å². The lowest BCUT2D eigenvalue weighted by molar-refractivity contribution is 0.276. The molecule has 21 heavy (non-hydrogen) atoms. The number of ether oxygens (including phenoxy) is 1. The van der Waals surface area contributed by atoms with Crippen LogP contribution in [-0.4, -0.2) is 5.11 Å². The first-order valence-electron chi connectivity index (χ1n) is 7.14. The van der Waals surface area contributed by atoms with Crippen LogP contribution in [0.2, 0.25) is 0 Å². The number of benzene rings is 2. The first kappa shape index (κ1) is 16.1. The van der Waals surface area contributed by atoms with Crippen LogP contribution in [0.15, 0.2) is 46.9 Å². The van der Waals surface area contributed by atoms with Gasteiger partial charge in [0, 0.05) is 10.0 Å². The second kappa shape index (κ2) is 6.63. The molecule has 0 spiro atoms. The summed E-state index contributed by atoms with van der Waals surface area (Å²) >= 11 is 3.42. The molecule has 2 aromatic carbocycles. The fraction of sp³-hybridized carbons (Fsp3) is 0.333. The zero-order chi connectivity index (χ0) is 15.5. The van der Waals surface area contributed by atoms with Crippen molar-refractivity contribution < 1.29 is 9.84 Å². The number of rotatable bonds is 5. The molecule has 0 heterocycles. The van der Waals surface area contributed by atoms with Gasteiger partial charge in [0.05, 0.1) is 6.61 Å². The van der Waals surface area contributed by atoms with Crippen LogP contribution in [0, 0.1) is 0 Å². The van der Waals surface area contributed by atoms with Crippen LogP contribution in [0.4, 0.5) is 0 Å². The van der Waals surface area contributed by atoms with Gasteiger partial charge in [0.15, 0.2) is 0 Å². The molecule has 0 aliphatic carbocycles. The molecule has 2 rings (SSSR count). The van der Waals surface area contributed by atoms with E-state index in [1.54, 1.807) is 0 Å². The third-order valence-corrected chi connectivity index (χ3v) is 4.44. The van der Waals surface area contributed by atoms with Crippen LogP contribution < -0.4 is 4.74 Å². The van der Waals surface area contributed by atoms with E-state index in [2.05, 4.69) is 48.8 Å². The van der Waals surface area contributed by atoms with E-state index in [-0.39, 0.29) is 12.0 Å². The Morgan fingerprint density at radius 3 is 2.33 bits per heavy atom. The molecule has 2 aromatic rings. The molecule has 0 aromatic heterocycles. The first-order valence-corrected chi connectivity index (χ1v) is 7.93. The number of halogens is 1. The van der Waals surface area contributed by atoms with Crippen LogP contribution in [0.3, 0.4) is 0 Å². The molecule has 0 atom stereocenters. The van der Waals surface area contributed by atoms with Crippen molar-refractivity contribution in [2.24, 2.45) is 0 Å².